The Kier molecular flexibility index (Phi) is 9.05. The lowest BCUT2D eigenvalue weighted by Crippen LogP contribution is -2.43. The van der Waals surface area contributed by atoms with Gasteiger partial charge >= 0.3 is 5.69 Å². The number of aryl methyl sites for hydroxylation is 1. The number of rotatable bonds is 10. The average molecular weight is 698 g/mol. The maximum Gasteiger partial charge on any atom is 0.337 e. The minimum atomic E-state index is -0.778. The van der Waals surface area contributed by atoms with Crippen molar-refractivity contribution in [1.29, 1.82) is 0 Å². The van der Waals surface area contributed by atoms with E-state index in [2.05, 4.69) is 42.4 Å². The summed E-state index contributed by atoms with van der Waals surface area (Å²) in [6.45, 7) is 4.32. The number of nitrogens with one attached hydrogen (secondary N) is 1. The average Bonchev–Trinajstić information content (AvgIpc) is 3.73. The highest BCUT2D eigenvalue weighted by Crippen LogP contribution is 2.44. The van der Waals surface area contributed by atoms with Gasteiger partial charge < -0.3 is 19.4 Å². The quantitative estimate of drug-likeness (QED) is 0.189. The van der Waals surface area contributed by atoms with E-state index in [-0.39, 0.29) is 23.3 Å². The molecule has 262 valence electrons. The first-order chi connectivity index (χ1) is 25.1. The van der Waals surface area contributed by atoms with E-state index in [1.54, 1.807) is 61.1 Å². The van der Waals surface area contributed by atoms with Gasteiger partial charge in [0.1, 0.15) is 34.6 Å². The zero-order chi connectivity index (χ0) is 36.5. The molecule has 0 aliphatic carbocycles. The summed E-state index contributed by atoms with van der Waals surface area (Å²) in [4.78, 5) is 55.3. The number of hydrogen-bond acceptors (Lipinski definition) is 10. The molecule has 7 aromatic rings. The summed E-state index contributed by atoms with van der Waals surface area (Å²) in [5.74, 6) is 0.730. The highest BCUT2D eigenvalue weighted by atomic mass is 16.5. The van der Waals surface area contributed by atoms with Crippen molar-refractivity contribution in [3.8, 4) is 39.9 Å². The first kappa shape index (κ1) is 33.8. The van der Waals surface area contributed by atoms with Crippen LogP contribution >= 0.6 is 0 Å². The van der Waals surface area contributed by atoms with Crippen molar-refractivity contribution >= 4 is 22.7 Å². The van der Waals surface area contributed by atoms with Crippen molar-refractivity contribution in [2.45, 2.75) is 26.4 Å². The molecule has 0 aliphatic heterocycles. The van der Waals surface area contributed by atoms with Gasteiger partial charge in [-0.15, -0.1) is 0 Å². The standard InChI is InChI=1S/C38H35N9O5/c1-23(2)46-21-29(37(49)47(38(46)50)30-11-6-7-16-39-30)34(48)43-27-12-14-28(15-13-27)51-35-32-31(25-10-8-9-24(17-25)19-44(3)4)33(26-18-42-45(5)20-26)52-36(32)41-22-40-35/h6-18,20-23H,19H2,1-5H3,(H,43,48). The molecule has 0 aliphatic rings. The number of carbonyl (C=O) groups is 1. The van der Waals surface area contributed by atoms with E-state index in [4.69, 9.17) is 9.15 Å². The van der Waals surface area contributed by atoms with Gasteiger partial charge in [0.2, 0.25) is 11.6 Å². The number of aromatic nitrogens is 7. The third-order valence-electron chi connectivity index (χ3n) is 8.25. The Balaban J connectivity index is 1.21. The fourth-order valence-corrected chi connectivity index (χ4v) is 5.89. The fraction of sp³-hybridized carbons (Fsp3) is 0.184. The number of ether oxygens (including phenoxy) is 1. The number of nitrogens with zero attached hydrogens (tertiary/aromatic N) is 8. The van der Waals surface area contributed by atoms with Gasteiger partial charge in [-0.3, -0.25) is 18.8 Å². The molecule has 5 heterocycles. The molecule has 0 saturated heterocycles. The maximum absolute atomic E-state index is 13.5. The van der Waals surface area contributed by atoms with Crippen molar-refractivity contribution in [3.05, 3.63) is 130 Å². The van der Waals surface area contributed by atoms with E-state index in [0.29, 0.717) is 28.3 Å². The van der Waals surface area contributed by atoms with Gasteiger partial charge in [-0.1, -0.05) is 24.3 Å². The summed E-state index contributed by atoms with van der Waals surface area (Å²) in [7, 11) is 5.87. The highest BCUT2D eigenvalue weighted by Gasteiger charge is 2.25. The number of hydrogen-bond donors (Lipinski definition) is 1. The van der Waals surface area contributed by atoms with Crippen molar-refractivity contribution in [2.75, 3.05) is 19.4 Å². The van der Waals surface area contributed by atoms with Gasteiger partial charge in [0.05, 0.1) is 11.8 Å². The number of amides is 1. The SMILES string of the molecule is CC(C)n1cc(C(=O)Nc2ccc(Oc3ncnc4oc(-c5cnn(C)c5)c(-c5cccc(CN(C)C)c5)c34)cc2)c(=O)n(-c2ccccn2)c1=O. The van der Waals surface area contributed by atoms with E-state index in [9.17, 15) is 14.4 Å². The molecule has 0 unspecified atom stereocenters. The molecule has 52 heavy (non-hydrogen) atoms. The fourth-order valence-electron chi connectivity index (χ4n) is 5.89. The molecule has 5 aromatic heterocycles. The molecule has 0 spiro atoms. The second-order valence-electron chi connectivity index (χ2n) is 12.7. The van der Waals surface area contributed by atoms with Crippen molar-refractivity contribution < 1.29 is 13.9 Å². The lowest BCUT2D eigenvalue weighted by atomic mass is 9.99. The number of carbonyl (C=O) groups excluding carboxylic acids is 1. The number of furan rings is 1. The van der Waals surface area contributed by atoms with Crippen molar-refractivity contribution in [3.63, 3.8) is 0 Å². The number of benzene rings is 2. The van der Waals surface area contributed by atoms with Crippen LogP contribution in [0.2, 0.25) is 0 Å². The summed E-state index contributed by atoms with van der Waals surface area (Å²) < 4.78 is 16.6. The normalized spacial score (nSPS) is 11.4. The van der Waals surface area contributed by atoms with Crippen molar-refractivity contribution in [1.82, 2.24) is 38.8 Å². The Labute approximate surface area is 297 Å². The molecule has 14 nitrogen and oxygen atoms in total. The van der Waals surface area contributed by atoms with Crippen LogP contribution in [0.1, 0.15) is 35.8 Å². The zero-order valence-electron chi connectivity index (χ0n) is 29.1. The minimum absolute atomic E-state index is 0.122. The second kappa shape index (κ2) is 13.9. The summed E-state index contributed by atoms with van der Waals surface area (Å²) in [5.41, 5.74) is 2.72. The predicted octanol–water partition coefficient (Wildman–Crippen LogP) is 5.69. The Morgan fingerprint density at radius 2 is 1.77 bits per heavy atom. The second-order valence-corrected chi connectivity index (χ2v) is 12.7. The third kappa shape index (κ3) is 6.62. The Bertz CT molecular complexity index is 2530. The summed E-state index contributed by atoms with van der Waals surface area (Å²) in [6, 6.07) is 19.4. The number of pyridine rings is 1. The molecule has 1 N–H and O–H groups in total. The van der Waals surface area contributed by atoms with Crippen LogP contribution in [-0.4, -0.2) is 58.8 Å². The Morgan fingerprint density at radius 1 is 0.962 bits per heavy atom. The first-order valence-electron chi connectivity index (χ1n) is 16.5. The highest BCUT2D eigenvalue weighted by molar-refractivity contribution is 6.04. The molecule has 7 rings (SSSR count). The molecule has 0 fully saturated rings. The topological polar surface area (TPSA) is 155 Å². The molecule has 0 atom stereocenters. The molecular formula is C38H35N9O5. The summed E-state index contributed by atoms with van der Waals surface area (Å²) in [6.07, 6.45) is 7.73. The lowest BCUT2D eigenvalue weighted by Gasteiger charge is -2.15. The summed E-state index contributed by atoms with van der Waals surface area (Å²) in [5, 5.41) is 7.70. The molecule has 1 amide bonds. The van der Waals surface area contributed by atoms with Crippen LogP contribution in [0.5, 0.6) is 11.6 Å². The number of fused-ring (bicyclic) bond motifs is 1. The van der Waals surface area contributed by atoms with Crippen LogP contribution in [0.25, 0.3) is 39.4 Å². The number of anilines is 1. The van der Waals surface area contributed by atoms with Crippen LogP contribution < -0.4 is 21.3 Å². The van der Waals surface area contributed by atoms with Crippen LogP contribution in [0.4, 0.5) is 5.69 Å². The minimum Gasteiger partial charge on any atom is -0.438 e. The zero-order valence-corrected chi connectivity index (χ0v) is 29.1. The maximum atomic E-state index is 13.5. The third-order valence-corrected chi connectivity index (χ3v) is 8.25. The lowest BCUT2D eigenvalue weighted by molar-refractivity contribution is 0.102. The first-order valence-corrected chi connectivity index (χ1v) is 16.5. The van der Waals surface area contributed by atoms with Gasteiger partial charge in [-0.25, -0.2) is 24.3 Å². The Morgan fingerprint density at radius 3 is 2.46 bits per heavy atom. The van der Waals surface area contributed by atoms with Crippen LogP contribution in [0, 0.1) is 0 Å². The molecule has 0 radical (unpaired) electrons. The summed E-state index contributed by atoms with van der Waals surface area (Å²) >= 11 is 0. The van der Waals surface area contributed by atoms with Gasteiger partial charge in [0.15, 0.2) is 0 Å². The predicted molar refractivity (Wildman–Crippen MR) is 196 cm³/mol. The molecular weight excluding hydrogens is 662 g/mol. The molecule has 0 saturated carbocycles. The van der Waals surface area contributed by atoms with Gasteiger partial charge in [0.25, 0.3) is 11.5 Å². The van der Waals surface area contributed by atoms with E-state index in [1.165, 1.54) is 29.4 Å². The largest absolute Gasteiger partial charge is 0.438 e. The van der Waals surface area contributed by atoms with Crippen LogP contribution in [0.15, 0.2) is 112 Å². The van der Waals surface area contributed by atoms with Gasteiger partial charge in [0, 0.05) is 49.5 Å². The smallest absolute Gasteiger partial charge is 0.337 e. The van der Waals surface area contributed by atoms with Crippen LogP contribution in [-0.2, 0) is 13.6 Å². The van der Waals surface area contributed by atoms with Gasteiger partial charge in [-0.2, -0.15) is 5.10 Å². The van der Waals surface area contributed by atoms with E-state index >= 15 is 0 Å². The molecule has 14 heteroatoms. The monoisotopic (exact) mass is 697 g/mol. The van der Waals surface area contributed by atoms with Gasteiger partial charge in [-0.05, 0) is 81.5 Å². The van der Waals surface area contributed by atoms with Crippen molar-refractivity contribution in [2.24, 2.45) is 7.05 Å². The van der Waals surface area contributed by atoms with E-state index in [0.717, 1.165) is 33.4 Å². The molecule has 0 bridgehead atoms. The van der Waals surface area contributed by atoms with E-state index < -0.39 is 17.2 Å². The van der Waals surface area contributed by atoms with E-state index in [1.807, 2.05) is 39.5 Å². The Hall–Kier alpha value is -6.67. The van der Waals surface area contributed by atoms with Crippen LogP contribution in [0.3, 0.4) is 0 Å². The molecule has 2 aromatic carbocycles.